The average Bonchev–Trinajstić information content (AvgIpc) is 0.941. The molecule has 0 bridgehead atoms. The molecule has 0 amide bonds. The van der Waals surface area contributed by atoms with Gasteiger partial charge in [0.2, 0.25) is 17.1 Å². The first kappa shape index (κ1) is 62.4. The van der Waals surface area contributed by atoms with Crippen molar-refractivity contribution >= 4 is 144 Å². The van der Waals surface area contributed by atoms with Gasteiger partial charge in [0, 0.05) is 106 Å². The van der Waals surface area contributed by atoms with Crippen LogP contribution < -0.4 is 24.8 Å². The van der Waals surface area contributed by atoms with Crippen LogP contribution >= 0.6 is 0 Å². The highest BCUT2D eigenvalue weighted by molar-refractivity contribution is 6.23. The summed E-state index contributed by atoms with van der Waals surface area (Å²) in [7, 11) is 0. The Kier molecular flexibility index (Phi) is 13.2. The van der Waals surface area contributed by atoms with Crippen LogP contribution in [0, 0.1) is 21.0 Å². The quantitative estimate of drug-likeness (QED) is 0.149. The Bertz CT molecular complexity index is 7840. The first-order valence-corrected chi connectivity index (χ1v) is 38.8. The van der Waals surface area contributed by atoms with Crippen LogP contribution in [0.4, 0.5) is 39.8 Å². The largest absolute Gasteiger partial charge is 0.310 e. The normalized spacial score (nSPS) is 14.1. The summed E-state index contributed by atoms with van der Waals surface area (Å²) in [5.41, 5.74) is 27.9. The van der Waals surface area contributed by atoms with Gasteiger partial charge in [-0.3, -0.25) is 9.88 Å². The summed E-state index contributed by atoms with van der Waals surface area (Å²) >= 11 is 0. The minimum atomic E-state index is -0.448. The van der Waals surface area contributed by atoms with Crippen LogP contribution in [-0.2, 0) is 5.41 Å². The summed E-state index contributed by atoms with van der Waals surface area (Å²) in [5.74, 6) is 0. The molecule has 5 aromatic heterocycles. The van der Waals surface area contributed by atoms with E-state index >= 15 is 0 Å². The van der Waals surface area contributed by atoms with Crippen molar-refractivity contribution in [3.8, 4) is 22.7 Å². The third-order valence-electron chi connectivity index (χ3n) is 24.6. The third-order valence-corrected chi connectivity index (χ3v) is 24.6. The fourth-order valence-electron chi connectivity index (χ4n) is 19.7. The maximum Gasteiger partial charge on any atom is 0.235 e. The molecular formula is C104H69N8+. The van der Waals surface area contributed by atoms with E-state index in [4.69, 9.17) is 4.98 Å². The van der Waals surface area contributed by atoms with Crippen molar-refractivity contribution in [2.75, 3.05) is 9.80 Å². The lowest BCUT2D eigenvalue weighted by Crippen LogP contribution is -2.38. The SMILES string of the molecule is CC1(C)c2ccccc2N(c2ccccc2)c2cc3c(cc21)=c1ncc(-n2c4ccccc4c4cc(-n5c6ccccc6c6ccccc65)ccc42)cc1=C1CC2=[N+](c4ccccc4)c4ccccc4N(c4ccccc4)C2=CC1=c1ccc(-n2c4ccccc4c4cc(-n5c6ccccc6c6ccccc65)ccc42)cc1=3. The van der Waals surface area contributed by atoms with Crippen LogP contribution in [0.25, 0.3) is 121 Å². The molecule has 0 fully saturated rings. The summed E-state index contributed by atoms with van der Waals surface area (Å²) in [6, 6.07) is 133. The Labute approximate surface area is 644 Å². The van der Waals surface area contributed by atoms with E-state index in [0.29, 0.717) is 6.42 Å². The van der Waals surface area contributed by atoms with Crippen LogP contribution in [0.1, 0.15) is 31.4 Å². The van der Waals surface area contributed by atoms with Crippen molar-refractivity contribution in [1.82, 2.24) is 27.8 Å². The molecule has 0 radical (unpaired) electrons. The minimum Gasteiger partial charge on any atom is -0.310 e. The Morgan fingerprint density at radius 1 is 0.295 bits per heavy atom. The predicted octanol–water partition coefficient (Wildman–Crippen LogP) is 23.9. The van der Waals surface area contributed by atoms with E-state index in [2.05, 4.69) is 417 Å². The van der Waals surface area contributed by atoms with Gasteiger partial charge in [-0.1, -0.05) is 214 Å². The molecule has 0 saturated heterocycles. The zero-order chi connectivity index (χ0) is 73.6. The maximum atomic E-state index is 6.11. The number of fused-ring (bicyclic) bond motifs is 20. The Balaban J connectivity index is 0.858. The average molecular weight is 1430 g/mol. The van der Waals surface area contributed by atoms with Crippen LogP contribution in [0.3, 0.4) is 0 Å². The van der Waals surface area contributed by atoms with Crippen molar-refractivity contribution in [3.05, 3.63) is 418 Å². The predicted molar refractivity (Wildman–Crippen MR) is 463 cm³/mol. The van der Waals surface area contributed by atoms with E-state index in [1.165, 1.54) is 93.3 Å². The number of nitrogens with zero attached hydrogens (tertiary/aromatic N) is 8. The molecule has 0 N–H and O–H groups in total. The van der Waals surface area contributed by atoms with Crippen molar-refractivity contribution in [2.24, 2.45) is 0 Å². The minimum absolute atomic E-state index is 0.448. The lowest BCUT2D eigenvalue weighted by atomic mass is 9.73. The molecule has 0 spiro atoms. The molecule has 112 heavy (non-hydrogen) atoms. The van der Waals surface area contributed by atoms with Crippen LogP contribution in [0.2, 0.25) is 0 Å². The lowest BCUT2D eigenvalue weighted by Gasteiger charge is -2.42. The van der Waals surface area contributed by atoms with Crippen LogP contribution in [-0.4, -0.2) is 29.0 Å². The molecule has 7 heterocycles. The molecular weight excluding hydrogens is 1360 g/mol. The highest BCUT2D eigenvalue weighted by atomic mass is 15.2. The number of benzene rings is 15. The standard InChI is InChI=1S/C104H69N8/c1-104(2)87-40-18-25-47-97(87)106(65-28-6-3-7-29-65)100-61-81-79-56-68(111-93-45-23-16-38-77(93)83-57-69(51-54-95(83)111)109-89-41-19-12-34-73(89)74-35-13-20-42-90(74)109)50-53-72(79)80-62-101-102(108(67-32-10-5-11-33-67)99-49-27-26-48-98(99)107(101)66-30-8-4-9-31-66)63-82(80)85-59-71(64-105-103(85)86(81)60-88(100)104)112-94-46-24-17-39-78(94)84-58-70(52-55-96(84)112)110-91-43-21-14-36-75(91)76-37-15-22-44-92(76)110/h3-62,64H,63H2,1-2H3/q+1. The molecule has 0 unspecified atom stereocenters. The fourth-order valence-corrected chi connectivity index (χ4v) is 19.7. The van der Waals surface area contributed by atoms with E-state index in [0.717, 1.165) is 122 Å². The van der Waals surface area contributed by atoms with Crippen molar-refractivity contribution < 1.29 is 0 Å². The van der Waals surface area contributed by atoms with Gasteiger partial charge in [-0.25, -0.2) is 0 Å². The topological polar surface area (TPSA) is 42.1 Å². The van der Waals surface area contributed by atoms with Gasteiger partial charge in [0.15, 0.2) is 0 Å². The van der Waals surface area contributed by atoms with Crippen LogP contribution in [0.5, 0.6) is 0 Å². The lowest BCUT2D eigenvalue weighted by molar-refractivity contribution is 0.631. The summed E-state index contributed by atoms with van der Waals surface area (Å²) in [4.78, 5) is 11.1. The van der Waals surface area contributed by atoms with Gasteiger partial charge in [-0.15, -0.1) is 0 Å². The molecule has 2 aliphatic carbocycles. The zero-order valence-electron chi connectivity index (χ0n) is 61.5. The maximum absolute atomic E-state index is 6.11. The van der Waals surface area contributed by atoms with E-state index in [1.807, 2.05) is 0 Å². The number of hydrogen-bond acceptors (Lipinski definition) is 3. The molecule has 20 aromatic rings. The molecule has 15 aromatic carbocycles. The van der Waals surface area contributed by atoms with Crippen molar-refractivity contribution in [2.45, 2.75) is 25.7 Å². The smallest absolute Gasteiger partial charge is 0.235 e. The molecule has 524 valence electrons. The van der Waals surface area contributed by atoms with E-state index < -0.39 is 5.41 Å². The number of anilines is 5. The summed E-state index contributed by atoms with van der Waals surface area (Å²) in [6.45, 7) is 4.83. The summed E-state index contributed by atoms with van der Waals surface area (Å²) < 4.78 is 12.4. The molecule has 2 aliphatic heterocycles. The van der Waals surface area contributed by atoms with Gasteiger partial charge in [-0.05, 0) is 184 Å². The van der Waals surface area contributed by atoms with E-state index in [-0.39, 0.29) is 0 Å². The number of rotatable bonds is 7. The second kappa shape index (κ2) is 23.7. The number of para-hydroxylation sites is 12. The highest BCUT2D eigenvalue weighted by Gasteiger charge is 2.42. The first-order chi connectivity index (χ1) is 55.4. The fraction of sp³-hybridized carbons (Fsp3) is 0.0385. The third kappa shape index (κ3) is 8.88. The highest BCUT2D eigenvalue weighted by Crippen LogP contribution is 2.53. The molecule has 8 nitrogen and oxygen atoms in total. The second-order valence-corrected chi connectivity index (χ2v) is 30.8. The Morgan fingerprint density at radius 2 is 0.714 bits per heavy atom. The first-order valence-electron chi connectivity index (χ1n) is 38.8. The Hall–Kier alpha value is -14.6. The Morgan fingerprint density at radius 3 is 1.27 bits per heavy atom. The van der Waals surface area contributed by atoms with Gasteiger partial charge in [0.05, 0.1) is 79.2 Å². The number of pyridine rings is 1. The van der Waals surface area contributed by atoms with Gasteiger partial charge < -0.3 is 23.2 Å². The van der Waals surface area contributed by atoms with Gasteiger partial charge in [0.25, 0.3) is 0 Å². The van der Waals surface area contributed by atoms with Gasteiger partial charge in [0.1, 0.15) is 11.4 Å². The van der Waals surface area contributed by atoms with Crippen LogP contribution in [0.15, 0.2) is 376 Å². The van der Waals surface area contributed by atoms with Crippen molar-refractivity contribution in [1.29, 1.82) is 0 Å². The number of allylic oxidation sites excluding steroid dienone is 2. The van der Waals surface area contributed by atoms with E-state index in [9.17, 15) is 0 Å². The molecule has 4 aliphatic rings. The second-order valence-electron chi connectivity index (χ2n) is 30.8. The zero-order valence-corrected chi connectivity index (χ0v) is 61.5. The number of hydrogen-bond donors (Lipinski definition) is 0. The molecule has 0 saturated carbocycles. The monoisotopic (exact) mass is 1430 g/mol. The molecule has 0 atom stereocenters. The number of aromatic nitrogens is 5. The summed E-state index contributed by atoms with van der Waals surface area (Å²) in [5, 5.41) is 16.1. The molecule has 8 heteroatoms. The van der Waals surface area contributed by atoms with E-state index in [1.54, 1.807) is 0 Å². The van der Waals surface area contributed by atoms with Gasteiger partial charge >= 0.3 is 0 Å². The summed E-state index contributed by atoms with van der Waals surface area (Å²) in [6.07, 6.45) is 5.26. The van der Waals surface area contributed by atoms with Gasteiger partial charge in [-0.2, -0.15) is 4.58 Å². The van der Waals surface area contributed by atoms with Crippen molar-refractivity contribution in [3.63, 3.8) is 0 Å². The molecule has 24 rings (SSSR count).